The highest BCUT2D eigenvalue weighted by Crippen LogP contribution is 2.54. The molecule has 3 aliphatic heterocycles. The molecule has 2 amide bonds. The average Bonchev–Trinajstić information content (AvgIpc) is 2.82. The second kappa shape index (κ2) is 5.04. The van der Waals surface area contributed by atoms with Crippen LogP contribution in [-0.4, -0.2) is 38.4 Å². The molecule has 116 valence electrons. The van der Waals surface area contributed by atoms with Gasteiger partial charge in [-0.3, -0.25) is 14.5 Å². The molecule has 23 heavy (non-hydrogen) atoms. The van der Waals surface area contributed by atoms with Crippen molar-refractivity contribution in [3.05, 3.63) is 59.8 Å². The Kier molecular flexibility index (Phi) is 3.21. The van der Waals surface area contributed by atoms with E-state index in [0.29, 0.717) is 10.7 Å². The molecule has 1 aromatic carbocycles. The molecule has 0 aromatic heterocycles. The molecule has 1 saturated heterocycles. The number of thiocarbonyl (C=S) groups is 1. The van der Waals surface area contributed by atoms with E-state index in [1.165, 1.54) is 18.7 Å². The van der Waals surface area contributed by atoms with Crippen molar-refractivity contribution >= 4 is 40.8 Å². The summed E-state index contributed by atoms with van der Waals surface area (Å²) in [5.74, 6) is 0.260. The Morgan fingerprint density at radius 2 is 2.13 bits per heavy atom. The van der Waals surface area contributed by atoms with Crippen LogP contribution in [0.25, 0.3) is 0 Å². The van der Waals surface area contributed by atoms with Gasteiger partial charge < -0.3 is 4.90 Å². The van der Waals surface area contributed by atoms with E-state index in [-0.39, 0.29) is 17.9 Å². The van der Waals surface area contributed by atoms with E-state index in [4.69, 9.17) is 12.2 Å². The van der Waals surface area contributed by atoms with Gasteiger partial charge in [-0.1, -0.05) is 48.6 Å². The van der Waals surface area contributed by atoms with Crippen LogP contribution in [0.1, 0.15) is 18.1 Å². The summed E-state index contributed by atoms with van der Waals surface area (Å²) >= 11 is 7.09. The van der Waals surface area contributed by atoms with Crippen molar-refractivity contribution in [1.82, 2.24) is 9.80 Å². The van der Waals surface area contributed by atoms with E-state index in [1.807, 2.05) is 42.5 Å². The number of fused-ring (bicyclic) bond motifs is 4. The highest BCUT2D eigenvalue weighted by atomic mass is 32.2. The summed E-state index contributed by atoms with van der Waals surface area (Å²) in [5, 5.41) is 0. The van der Waals surface area contributed by atoms with E-state index in [1.54, 1.807) is 16.0 Å². The molecule has 2 unspecified atom stereocenters. The third kappa shape index (κ3) is 1.82. The van der Waals surface area contributed by atoms with E-state index >= 15 is 0 Å². The number of benzene rings is 1. The average molecular weight is 342 g/mol. The maximum Gasteiger partial charge on any atom is 0.237 e. The van der Waals surface area contributed by atoms with Crippen LogP contribution in [0.4, 0.5) is 0 Å². The van der Waals surface area contributed by atoms with Crippen LogP contribution < -0.4 is 0 Å². The number of carbonyl (C=O) groups is 2. The lowest BCUT2D eigenvalue weighted by Crippen LogP contribution is -2.61. The molecule has 1 aromatic rings. The fraction of sp³-hybridized carbons (Fsp3) is 0.235. The van der Waals surface area contributed by atoms with Crippen molar-refractivity contribution in [2.75, 3.05) is 5.75 Å². The Labute approximate surface area is 143 Å². The fourth-order valence-electron chi connectivity index (χ4n) is 3.57. The third-order valence-corrected chi connectivity index (χ3v) is 6.33. The minimum absolute atomic E-state index is 0.0463. The molecule has 0 bridgehead atoms. The van der Waals surface area contributed by atoms with Gasteiger partial charge >= 0.3 is 0 Å². The molecule has 4 nitrogen and oxygen atoms in total. The summed E-state index contributed by atoms with van der Waals surface area (Å²) < 4.78 is 0. The molecule has 3 aliphatic rings. The van der Waals surface area contributed by atoms with Gasteiger partial charge in [0.2, 0.25) is 11.8 Å². The van der Waals surface area contributed by atoms with Crippen LogP contribution in [0, 0.1) is 0 Å². The van der Waals surface area contributed by atoms with Crippen molar-refractivity contribution < 1.29 is 9.59 Å². The highest BCUT2D eigenvalue weighted by molar-refractivity contribution is 8.01. The van der Waals surface area contributed by atoms with E-state index in [0.717, 1.165) is 11.1 Å². The first-order valence-electron chi connectivity index (χ1n) is 7.32. The molecule has 4 rings (SSSR count). The van der Waals surface area contributed by atoms with Crippen LogP contribution in [0.15, 0.2) is 48.7 Å². The van der Waals surface area contributed by atoms with Gasteiger partial charge in [-0.25, -0.2) is 0 Å². The summed E-state index contributed by atoms with van der Waals surface area (Å²) in [4.78, 5) is 28.0. The number of thioether (sulfide) groups is 1. The molecule has 0 N–H and O–H groups in total. The van der Waals surface area contributed by atoms with E-state index in [2.05, 4.69) is 0 Å². The molecule has 2 atom stereocenters. The number of hydrogen-bond acceptors (Lipinski definition) is 4. The lowest BCUT2D eigenvalue weighted by molar-refractivity contribution is -0.133. The maximum atomic E-state index is 12.4. The van der Waals surface area contributed by atoms with Gasteiger partial charge in [0.15, 0.2) is 0 Å². The van der Waals surface area contributed by atoms with Gasteiger partial charge in [0, 0.05) is 24.3 Å². The predicted molar refractivity (Wildman–Crippen MR) is 93.7 cm³/mol. The Morgan fingerprint density at radius 3 is 2.91 bits per heavy atom. The molecular weight excluding hydrogens is 328 g/mol. The molecule has 1 fully saturated rings. The molecule has 1 spiro atoms. The molecule has 0 radical (unpaired) electrons. The number of hydrogen-bond donors (Lipinski definition) is 0. The highest BCUT2D eigenvalue weighted by Gasteiger charge is 2.58. The van der Waals surface area contributed by atoms with Gasteiger partial charge in [0.05, 0.1) is 11.8 Å². The Morgan fingerprint density at radius 1 is 1.35 bits per heavy atom. The van der Waals surface area contributed by atoms with Crippen LogP contribution >= 0.6 is 24.0 Å². The first kappa shape index (κ1) is 14.7. The minimum atomic E-state index is -0.686. The summed E-state index contributed by atoms with van der Waals surface area (Å²) in [7, 11) is 0. The van der Waals surface area contributed by atoms with Crippen molar-refractivity contribution in [2.24, 2.45) is 0 Å². The van der Waals surface area contributed by atoms with Crippen LogP contribution in [0.5, 0.6) is 0 Å². The number of nitrogens with zero attached hydrogens (tertiary/aromatic N) is 2. The van der Waals surface area contributed by atoms with Crippen molar-refractivity contribution in [1.29, 1.82) is 0 Å². The first-order valence-corrected chi connectivity index (χ1v) is 8.71. The quantitative estimate of drug-likeness (QED) is 0.679. The van der Waals surface area contributed by atoms with Gasteiger partial charge in [0.25, 0.3) is 0 Å². The first-order chi connectivity index (χ1) is 11.1. The second-order valence-corrected chi connectivity index (χ2v) is 7.25. The zero-order chi connectivity index (χ0) is 16.2. The molecular formula is C17H14N2O2S2. The monoisotopic (exact) mass is 342 g/mol. The standard InChI is InChI=1S/C17H14N2O2S2/c1-11(20)19-16(22)12-6-2-3-7-13(12)17(19)14-8-4-5-9-18(14)15(21)10-23-17/h2-9,14H,10H2,1H3. The largest absolute Gasteiger partial charge is 0.308 e. The normalized spacial score (nSPS) is 28.3. The topological polar surface area (TPSA) is 40.6 Å². The number of rotatable bonds is 0. The summed E-state index contributed by atoms with van der Waals surface area (Å²) in [5.41, 5.74) is 1.91. The zero-order valence-electron chi connectivity index (χ0n) is 12.4. The van der Waals surface area contributed by atoms with Crippen LogP contribution in [0.2, 0.25) is 0 Å². The van der Waals surface area contributed by atoms with Crippen molar-refractivity contribution in [3.63, 3.8) is 0 Å². The minimum Gasteiger partial charge on any atom is -0.308 e. The van der Waals surface area contributed by atoms with Gasteiger partial charge in [-0.15, -0.1) is 11.8 Å². The number of carbonyl (C=O) groups excluding carboxylic acids is 2. The van der Waals surface area contributed by atoms with E-state index < -0.39 is 4.87 Å². The lowest BCUT2D eigenvalue weighted by Gasteiger charge is -2.49. The predicted octanol–water partition coefficient (Wildman–Crippen LogP) is 2.40. The van der Waals surface area contributed by atoms with Crippen LogP contribution in [0.3, 0.4) is 0 Å². The maximum absolute atomic E-state index is 12.4. The van der Waals surface area contributed by atoms with Gasteiger partial charge in [0.1, 0.15) is 9.86 Å². The Hall–Kier alpha value is -1.92. The van der Waals surface area contributed by atoms with Gasteiger partial charge in [-0.05, 0) is 6.08 Å². The lowest BCUT2D eigenvalue weighted by atomic mass is 9.94. The SMILES string of the molecule is CC(=O)N1C(=S)c2ccccc2C12SCC(=O)N1C=CC=CC12. The zero-order valence-corrected chi connectivity index (χ0v) is 14.1. The van der Waals surface area contributed by atoms with Crippen LogP contribution in [-0.2, 0) is 14.5 Å². The number of allylic oxidation sites excluding steroid dienone is 2. The van der Waals surface area contributed by atoms with Gasteiger partial charge in [-0.2, -0.15) is 0 Å². The molecule has 6 heteroatoms. The third-order valence-electron chi connectivity index (χ3n) is 4.45. The molecule has 3 heterocycles. The Bertz CT molecular complexity index is 802. The Balaban J connectivity index is 1.98. The van der Waals surface area contributed by atoms with E-state index in [9.17, 15) is 9.59 Å². The molecule has 0 aliphatic carbocycles. The summed E-state index contributed by atoms with van der Waals surface area (Å²) in [6, 6.07) is 7.58. The summed E-state index contributed by atoms with van der Waals surface area (Å²) in [6.07, 6.45) is 7.53. The van der Waals surface area contributed by atoms with Crippen molar-refractivity contribution in [3.8, 4) is 0 Å². The smallest absolute Gasteiger partial charge is 0.237 e. The van der Waals surface area contributed by atoms with Crippen molar-refractivity contribution in [2.45, 2.75) is 17.8 Å². The number of amides is 2. The summed E-state index contributed by atoms with van der Waals surface area (Å²) in [6.45, 7) is 1.53. The fourth-order valence-corrected chi connectivity index (χ4v) is 5.62. The molecule has 0 saturated carbocycles. The second-order valence-electron chi connectivity index (χ2n) is 5.66.